The Bertz CT molecular complexity index is 705. The van der Waals surface area contributed by atoms with Gasteiger partial charge in [0.25, 0.3) is 0 Å². The van der Waals surface area contributed by atoms with Gasteiger partial charge in [-0.25, -0.2) is 19.4 Å². The first-order valence-corrected chi connectivity index (χ1v) is 13.9. The monoisotopic (exact) mass is 474 g/mol. The van der Waals surface area contributed by atoms with Crippen molar-refractivity contribution in [1.82, 2.24) is 10.0 Å². The van der Waals surface area contributed by atoms with Gasteiger partial charge in [-0.15, -0.1) is 0 Å². The number of esters is 1. The van der Waals surface area contributed by atoms with Gasteiger partial charge in [0.05, 0.1) is 19.8 Å². The van der Waals surface area contributed by atoms with Crippen molar-refractivity contribution >= 4 is 26.5 Å². The maximum absolute atomic E-state index is 13.1. The zero-order valence-electron chi connectivity index (χ0n) is 21.8. The first kappa shape index (κ1) is 28.2. The summed E-state index contributed by atoms with van der Waals surface area (Å²) in [5.41, 5.74) is -1.63. The van der Waals surface area contributed by atoms with Crippen molar-refractivity contribution in [2.24, 2.45) is 0 Å². The molecule has 1 aliphatic heterocycles. The standard InChI is InChI=1S/C22H42N2O7Si/c1-20(2,3)29-18(26)23-14-15(31-32(11,12)22(7,8)9)13-16(17(25)28-10)24(23)19(27)30-21(4,5)6/h15-16H,13-14H2,1-12H3/t15-,16+/m1/s1. The molecule has 2 amide bonds. The molecule has 1 rings (SSSR count). The van der Waals surface area contributed by atoms with Crippen LogP contribution in [0.25, 0.3) is 0 Å². The Kier molecular flexibility index (Phi) is 8.45. The second-order valence-corrected chi connectivity index (χ2v) is 16.4. The molecule has 10 heteroatoms. The lowest BCUT2D eigenvalue weighted by atomic mass is 10.1. The second-order valence-electron chi connectivity index (χ2n) is 11.7. The molecule has 0 bridgehead atoms. The topological polar surface area (TPSA) is 94.6 Å². The Morgan fingerprint density at radius 1 is 0.844 bits per heavy atom. The Morgan fingerprint density at radius 2 is 1.31 bits per heavy atom. The number of hydrogen-bond donors (Lipinski definition) is 0. The Balaban J connectivity index is 3.42. The molecule has 0 aromatic carbocycles. The second kappa shape index (κ2) is 9.58. The highest BCUT2D eigenvalue weighted by atomic mass is 28.4. The van der Waals surface area contributed by atoms with E-state index in [9.17, 15) is 14.4 Å². The van der Waals surface area contributed by atoms with E-state index in [0.29, 0.717) is 0 Å². The number of carbonyl (C=O) groups excluding carboxylic acids is 3. The fraction of sp³-hybridized carbons (Fsp3) is 0.864. The molecule has 0 N–H and O–H groups in total. The van der Waals surface area contributed by atoms with Gasteiger partial charge in [-0.3, -0.25) is 0 Å². The number of amides is 2. The van der Waals surface area contributed by atoms with Crippen molar-refractivity contribution in [2.45, 2.75) is 110 Å². The SMILES string of the molecule is COC(=O)[C@@H]1C[C@@H](O[Si](C)(C)C(C)(C)C)CN(C(=O)OC(C)(C)C)N1C(=O)OC(C)(C)C. The third-order valence-electron chi connectivity index (χ3n) is 5.34. The molecule has 0 aliphatic carbocycles. The average molecular weight is 475 g/mol. The molecule has 2 atom stereocenters. The molecule has 32 heavy (non-hydrogen) atoms. The smallest absolute Gasteiger partial charge is 0.430 e. The van der Waals surface area contributed by atoms with Crippen molar-refractivity contribution < 1.29 is 33.0 Å². The summed E-state index contributed by atoms with van der Waals surface area (Å²) in [5, 5.41) is 2.05. The van der Waals surface area contributed by atoms with Gasteiger partial charge in [0.2, 0.25) is 0 Å². The van der Waals surface area contributed by atoms with Crippen LogP contribution >= 0.6 is 0 Å². The van der Waals surface area contributed by atoms with E-state index in [-0.39, 0.29) is 18.0 Å². The van der Waals surface area contributed by atoms with Crippen molar-refractivity contribution in [3.63, 3.8) is 0 Å². The molecule has 0 radical (unpaired) electrons. The summed E-state index contributed by atoms with van der Waals surface area (Å²) < 4.78 is 22.5. The van der Waals surface area contributed by atoms with E-state index in [2.05, 4.69) is 33.9 Å². The van der Waals surface area contributed by atoms with Crippen LogP contribution in [0.3, 0.4) is 0 Å². The highest BCUT2D eigenvalue weighted by Gasteiger charge is 2.49. The number of rotatable bonds is 3. The molecule has 1 heterocycles. The molecular weight excluding hydrogens is 432 g/mol. The van der Waals surface area contributed by atoms with Crippen molar-refractivity contribution in [2.75, 3.05) is 13.7 Å². The third kappa shape index (κ3) is 7.65. The average Bonchev–Trinajstić information content (AvgIpc) is 2.55. The van der Waals surface area contributed by atoms with Gasteiger partial charge in [-0.05, 0) is 59.7 Å². The number of carbonyl (C=O) groups is 3. The van der Waals surface area contributed by atoms with Gasteiger partial charge in [-0.2, -0.15) is 5.01 Å². The van der Waals surface area contributed by atoms with Crippen molar-refractivity contribution in [3.8, 4) is 0 Å². The summed E-state index contributed by atoms with van der Waals surface area (Å²) in [6.45, 7) is 20.9. The number of hydrazine groups is 1. The van der Waals surface area contributed by atoms with Crippen LogP contribution in [-0.2, 0) is 23.4 Å². The van der Waals surface area contributed by atoms with Crippen LogP contribution in [0.15, 0.2) is 0 Å². The zero-order valence-corrected chi connectivity index (χ0v) is 22.8. The van der Waals surface area contributed by atoms with Gasteiger partial charge in [0.15, 0.2) is 14.4 Å². The number of methoxy groups -OCH3 is 1. The predicted molar refractivity (Wildman–Crippen MR) is 124 cm³/mol. The minimum absolute atomic E-state index is 0.0498. The summed E-state index contributed by atoms with van der Waals surface area (Å²) >= 11 is 0. The number of nitrogens with zero attached hydrogens (tertiary/aromatic N) is 2. The largest absolute Gasteiger partial charge is 0.467 e. The van der Waals surface area contributed by atoms with E-state index in [1.54, 1.807) is 41.5 Å². The Hall–Kier alpha value is -1.81. The highest BCUT2D eigenvalue weighted by molar-refractivity contribution is 6.74. The van der Waals surface area contributed by atoms with Gasteiger partial charge in [0.1, 0.15) is 11.2 Å². The predicted octanol–water partition coefficient (Wildman–Crippen LogP) is 4.71. The molecular formula is C22H42N2O7Si. The zero-order chi connectivity index (χ0) is 25.3. The lowest BCUT2D eigenvalue weighted by Crippen LogP contribution is -2.66. The third-order valence-corrected chi connectivity index (χ3v) is 9.88. The number of hydrogen-bond acceptors (Lipinski definition) is 7. The summed E-state index contributed by atoms with van der Waals surface area (Å²) in [4.78, 5) is 38.9. The summed E-state index contributed by atoms with van der Waals surface area (Å²) in [7, 11) is -0.989. The van der Waals surface area contributed by atoms with Crippen LogP contribution in [0.1, 0.15) is 68.7 Å². The molecule has 0 saturated carbocycles. The van der Waals surface area contributed by atoms with E-state index in [1.165, 1.54) is 7.11 Å². The maximum atomic E-state index is 13.1. The van der Waals surface area contributed by atoms with Crippen LogP contribution < -0.4 is 0 Å². The molecule has 1 aliphatic rings. The van der Waals surface area contributed by atoms with Gasteiger partial charge < -0.3 is 18.6 Å². The summed E-state index contributed by atoms with van der Waals surface area (Å²) in [5.74, 6) is -0.659. The maximum Gasteiger partial charge on any atom is 0.430 e. The Morgan fingerprint density at radius 3 is 1.72 bits per heavy atom. The van der Waals surface area contributed by atoms with Crippen LogP contribution in [0.4, 0.5) is 9.59 Å². The quantitative estimate of drug-likeness (QED) is 0.332. The van der Waals surface area contributed by atoms with Crippen LogP contribution in [0, 0.1) is 0 Å². The van der Waals surface area contributed by atoms with E-state index >= 15 is 0 Å². The molecule has 1 fully saturated rings. The van der Waals surface area contributed by atoms with Crippen LogP contribution in [0.5, 0.6) is 0 Å². The molecule has 0 aromatic heterocycles. The van der Waals surface area contributed by atoms with Crippen molar-refractivity contribution in [3.05, 3.63) is 0 Å². The first-order chi connectivity index (χ1) is 14.2. The number of ether oxygens (including phenoxy) is 3. The van der Waals surface area contributed by atoms with Gasteiger partial charge in [0, 0.05) is 6.42 Å². The fourth-order valence-electron chi connectivity index (χ4n) is 2.90. The summed E-state index contributed by atoms with van der Waals surface area (Å²) in [6.07, 6.45) is -1.89. The van der Waals surface area contributed by atoms with Gasteiger partial charge >= 0.3 is 18.2 Å². The molecule has 0 spiro atoms. The van der Waals surface area contributed by atoms with E-state index in [1.807, 2.05) is 0 Å². The first-order valence-electron chi connectivity index (χ1n) is 11.0. The minimum Gasteiger partial charge on any atom is -0.467 e. The minimum atomic E-state index is -2.23. The molecule has 186 valence electrons. The van der Waals surface area contributed by atoms with Crippen LogP contribution in [0.2, 0.25) is 18.1 Å². The molecule has 0 aromatic rings. The lowest BCUT2D eigenvalue weighted by Gasteiger charge is -2.48. The summed E-state index contributed by atoms with van der Waals surface area (Å²) in [6, 6.07) is -1.09. The van der Waals surface area contributed by atoms with E-state index < -0.39 is 49.8 Å². The Labute approximate surface area is 193 Å². The van der Waals surface area contributed by atoms with Gasteiger partial charge in [-0.1, -0.05) is 20.8 Å². The van der Waals surface area contributed by atoms with E-state index in [0.717, 1.165) is 10.0 Å². The van der Waals surface area contributed by atoms with E-state index in [4.69, 9.17) is 18.6 Å². The normalized spacial score (nSPS) is 20.6. The fourth-order valence-corrected chi connectivity index (χ4v) is 4.25. The molecule has 0 unspecified atom stereocenters. The van der Waals surface area contributed by atoms with Crippen LogP contribution in [-0.4, -0.2) is 73.5 Å². The molecule has 1 saturated heterocycles. The highest BCUT2D eigenvalue weighted by Crippen LogP contribution is 2.39. The lowest BCUT2D eigenvalue weighted by molar-refractivity contribution is -0.165. The van der Waals surface area contributed by atoms with Crippen molar-refractivity contribution in [1.29, 1.82) is 0 Å². The molecule has 9 nitrogen and oxygen atoms in total.